The summed E-state index contributed by atoms with van der Waals surface area (Å²) < 4.78 is 11.3. The minimum atomic E-state index is 0.542. The molecule has 0 radical (unpaired) electrons. The summed E-state index contributed by atoms with van der Waals surface area (Å²) in [6.07, 6.45) is 2.88. The maximum Gasteiger partial charge on any atom is 0.124 e. The van der Waals surface area contributed by atoms with E-state index in [4.69, 9.17) is 9.15 Å². The molecule has 0 saturated carbocycles. The van der Waals surface area contributed by atoms with Gasteiger partial charge >= 0.3 is 0 Å². The fourth-order valence-corrected chi connectivity index (χ4v) is 2.18. The molecule has 1 heterocycles. The Kier molecular flexibility index (Phi) is 5.88. The molecular weight excluding hydrogens is 262 g/mol. The van der Waals surface area contributed by atoms with E-state index < -0.39 is 0 Å². The van der Waals surface area contributed by atoms with E-state index in [1.165, 1.54) is 5.56 Å². The lowest BCUT2D eigenvalue weighted by atomic mass is 9.99. The van der Waals surface area contributed by atoms with E-state index >= 15 is 0 Å². The number of rotatable bonds is 8. The van der Waals surface area contributed by atoms with Crippen molar-refractivity contribution in [3.63, 3.8) is 0 Å². The maximum absolute atomic E-state index is 5.85. The van der Waals surface area contributed by atoms with Crippen molar-refractivity contribution in [1.82, 2.24) is 5.32 Å². The van der Waals surface area contributed by atoms with Crippen LogP contribution in [-0.4, -0.2) is 6.54 Å². The third-order valence-corrected chi connectivity index (χ3v) is 3.83. The van der Waals surface area contributed by atoms with Crippen molar-refractivity contribution in [2.24, 2.45) is 0 Å². The monoisotopic (exact) mass is 287 g/mol. The highest BCUT2D eigenvalue weighted by atomic mass is 16.5. The minimum absolute atomic E-state index is 0.542. The standard InChI is InChI=1S/C18H25NO2/c1-4-14(3)15-6-8-17(9-7-15)21-13-16-10-11-20-18(16)12-19-5-2/h6-11,14,19H,4-5,12-13H2,1-3H3. The predicted molar refractivity (Wildman–Crippen MR) is 85.6 cm³/mol. The van der Waals surface area contributed by atoms with Gasteiger partial charge in [-0.2, -0.15) is 0 Å². The van der Waals surface area contributed by atoms with Gasteiger partial charge in [0, 0.05) is 5.56 Å². The van der Waals surface area contributed by atoms with Gasteiger partial charge < -0.3 is 14.5 Å². The molecule has 0 saturated heterocycles. The van der Waals surface area contributed by atoms with Gasteiger partial charge in [0.25, 0.3) is 0 Å². The Morgan fingerprint density at radius 3 is 2.57 bits per heavy atom. The van der Waals surface area contributed by atoms with Crippen LogP contribution in [0.15, 0.2) is 41.0 Å². The van der Waals surface area contributed by atoms with Gasteiger partial charge in [-0.05, 0) is 42.6 Å². The first-order chi connectivity index (χ1) is 10.2. The first-order valence-corrected chi connectivity index (χ1v) is 7.73. The molecule has 21 heavy (non-hydrogen) atoms. The van der Waals surface area contributed by atoms with Crippen LogP contribution in [0.5, 0.6) is 5.75 Å². The summed E-state index contributed by atoms with van der Waals surface area (Å²) in [6, 6.07) is 10.4. The van der Waals surface area contributed by atoms with Crippen molar-refractivity contribution in [3.8, 4) is 5.75 Å². The molecule has 3 nitrogen and oxygen atoms in total. The second-order valence-electron chi connectivity index (χ2n) is 5.32. The van der Waals surface area contributed by atoms with Gasteiger partial charge in [0.15, 0.2) is 0 Å². The summed E-state index contributed by atoms with van der Waals surface area (Å²) in [5.74, 6) is 2.45. The molecule has 2 aromatic rings. The smallest absolute Gasteiger partial charge is 0.124 e. The van der Waals surface area contributed by atoms with Crippen molar-refractivity contribution >= 4 is 0 Å². The van der Waals surface area contributed by atoms with Gasteiger partial charge in [0.05, 0.1) is 12.8 Å². The van der Waals surface area contributed by atoms with Gasteiger partial charge in [-0.3, -0.25) is 0 Å². The molecule has 1 atom stereocenters. The van der Waals surface area contributed by atoms with Gasteiger partial charge in [0.2, 0.25) is 0 Å². The fraction of sp³-hybridized carbons (Fsp3) is 0.444. The lowest BCUT2D eigenvalue weighted by Crippen LogP contribution is -2.12. The van der Waals surface area contributed by atoms with Crippen molar-refractivity contribution in [2.45, 2.75) is 46.3 Å². The van der Waals surface area contributed by atoms with Crippen LogP contribution in [-0.2, 0) is 13.2 Å². The summed E-state index contributed by atoms with van der Waals surface area (Å²) in [4.78, 5) is 0. The summed E-state index contributed by atoms with van der Waals surface area (Å²) >= 11 is 0. The normalized spacial score (nSPS) is 12.3. The van der Waals surface area contributed by atoms with Gasteiger partial charge in [0.1, 0.15) is 18.1 Å². The second-order valence-corrected chi connectivity index (χ2v) is 5.32. The van der Waals surface area contributed by atoms with E-state index in [9.17, 15) is 0 Å². The second kappa shape index (κ2) is 7.89. The van der Waals surface area contributed by atoms with Crippen molar-refractivity contribution in [2.75, 3.05) is 6.54 Å². The van der Waals surface area contributed by atoms with E-state index in [0.717, 1.165) is 36.6 Å². The highest BCUT2D eigenvalue weighted by molar-refractivity contribution is 5.29. The zero-order valence-corrected chi connectivity index (χ0v) is 13.2. The van der Waals surface area contributed by atoms with Crippen LogP contribution in [0, 0.1) is 0 Å². The maximum atomic E-state index is 5.85. The lowest BCUT2D eigenvalue weighted by Gasteiger charge is -2.11. The molecule has 0 spiro atoms. The number of nitrogens with one attached hydrogen (secondary N) is 1. The summed E-state index contributed by atoms with van der Waals surface area (Å²) in [5.41, 5.74) is 2.46. The Morgan fingerprint density at radius 2 is 1.90 bits per heavy atom. The van der Waals surface area contributed by atoms with Gasteiger partial charge in [-0.1, -0.05) is 32.9 Å². The average molecular weight is 287 g/mol. The number of furan rings is 1. The zero-order valence-electron chi connectivity index (χ0n) is 13.2. The van der Waals surface area contributed by atoms with Crippen LogP contribution in [0.2, 0.25) is 0 Å². The number of hydrogen-bond acceptors (Lipinski definition) is 3. The van der Waals surface area contributed by atoms with Crippen molar-refractivity contribution in [1.29, 1.82) is 0 Å². The molecule has 0 aliphatic carbocycles. The minimum Gasteiger partial charge on any atom is -0.489 e. The first kappa shape index (κ1) is 15.6. The number of benzene rings is 1. The van der Waals surface area contributed by atoms with Crippen LogP contribution in [0.4, 0.5) is 0 Å². The van der Waals surface area contributed by atoms with E-state index in [2.05, 4.69) is 38.2 Å². The zero-order chi connectivity index (χ0) is 15.1. The highest BCUT2D eigenvalue weighted by Gasteiger charge is 2.07. The van der Waals surface area contributed by atoms with Crippen molar-refractivity contribution < 1.29 is 9.15 Å². The topological polar surface area (TPSA) is 34.4 Å². The molecule has 0 amide bonds. The van der Waals surface area contributed by atoms with Crippen LogP contribution in [0.3, 0.4) is 0 Å². The van der Waals surface area contributed by atoms with Gasteiger partial charge in [-0.25, -0.2) is 0 Å². The van der Waals surface area contributed by atoms with E-state index in [0.29, 0.717) is 12.5 Å². The van der Waals surface area contributed by atoms with Gasteiger partial charge in [-0.15, -0.1) is 0 Å². The molecule has 2 rings (SSSR count). The number of hydrogen-bond donors (Lipinski definition) is 1. The predicted octanol–water partition coefficient (Wildman–Crippen LogP) is 4.48. The highest BCUT2D eigenvalue weighted by Crippen LogP contribution is 2.22. The molecule has 1 N–H and O–H groups in total. The van der Waals surface area contributed by atoms with Crippen LogP contribution < -0.4 is 10.1 Å². The molecule has 0 fully saturated rings. The molecule has 0 aliphatic rings. The molecular formula is C18H25NO2. The van der Waals surface area contributed by atoms with E-state index in [-0.39, 0.29) is 0 Å². The van der Waals surface area contributed by atoms with E-state index in [1.807, 2.05) is 18.2 Å². The summed E-state index contributed by atoms with van der Waals surface area (Å²) in [5, 5.41) is 3.27. The molecule has 1 aromatic heterocycles. The Hall–Kier alpha value is -1.74. The van der Waals surface area contributed by atoms with Crippen LogP contribution >= 0.6 is 0 Å². The molecule has 0 aliphatic heterocycles. The molecule has 1 unspecified atom stereocenters. The van der Waals surface area contributed by atoms with Crippen LogP contribution in [0.1, 0.15) is 50.0 Å². The Bertz CT molecular complexity index is 530. The van der Waals surface area contributed by atoms with E-state index in [1.54, 1.807) is 6.26 Å². The quantitative estimate of drug-likeness (QED) is 0.777. The first-order valence-electron chi connectivity index (χ1n) is 7.73. The largest absolute Gasteiger partial charge is 0.489 e. The third kappa shape index (κ3) is 4.36. The summed E-state index contributed by atoms with van der Waals surface area (Å²) in [7, 11) is 0. The lowest BCUT2D eigenvalue weighted by molar-refractivity contribution is 0.301. The Balaban J connectivity index is 1.92. The molecule has 3 heteroatoms. The average Bonchev–Trinajstić information content (AvgIpc) is 2.98. The fourth-order valence-electron chi connectivity index (χ4n) is 2.18. The van der Waals surface area contributed by atoms with Crippen LogP contribution in [0.25, 0.3) is 0 Å². The molecule has 1 aromatic carbocycles. The van der Waals surface area contributed by atoms with Crippen molar-refractivity contribution in [3.05, 3.63) is 53.5 Å². The number of ether oxygens (including phenoxy) is 1. The molecule has 114 valence electrons. The molecule has 0 bridgehead atoms. The SMILES string of the molecule is CCNCc1occc1COc1ccc(C(C)CC)cc1. The Morgan fingerprint density at radius 1 is 1.14 bits per heavy atom. The Labute approximate surface area is 127 Å². The third-order valence-electron chi connectivity index (χ3n) is 3.83. The summed E-state index contributed by atoms with van der Waals surface area (Å²) in [6.45, 7) is 8.75.